The molecule has 0 saturated carbocycles. The van der Waals surface area contributed by atoms with Crippen LogP contribution in [-0.4, -0.2) is 87.5 Å². The smallest absolute Gasteiger partial charge is 0.220 e. The first kappa shape index (κ1) is 76.4. The van der Waals surface area contributed by atoms with Crippen molar-refractivity contribution in [3.63, 3.8) is 0 Å². The van der Waals surface area contributed by atoms with Gasteiger partial charge in [-0.05, 0) is 70.6 Å². The van der Waals surface area contributed by atoms with Crippen LogP contribution in [0.25, 0.3) is 0 Å². The highest BCUT2D eigenvalue weighted by Crippen LogP contribution is 2.23. The van der Waals surface area contributed by atoms with E-state index < -0.39 is 49.5 Å². The maximum absolute atomic E-state index is 13.1. The molecular weight excluding hydrogens is 1010 g/mol. The fourth-order valence-electron chi connectivity index (χ4n) is 10.6. The van der Waals surface area contributed by atoms with Crippen molar-refractivity contribution in [2.24, 2.45) is 0 Å². The molecule has 0 aliphatic carbocycles. The molecule has 1 amide bonds. The van der Waals surface area contributed by atoms with Gasteiger partial charge in [0, 0.05) is 6.42 Å². The van der Waals surface area contributed by atoms with Gasteiger partial charge in [-0.25, -0.2) is 0 Å². The number of allylic oxidation sites excluding steroid dienone is 13. The van der Waals surface area contributed by atoms with Gasteiger partial charge in [0.2, 0.25) is 5.91 Å². The zero-order valence-corrected chi connectivity index (χ0v) is 52.5. The van der Waals surface area contributed by atoms with Gasteiger partial charge in [-0.3, -0.25) is 4.79 Å². The standard InChI is InChI=1S/C72H129NO8/c1-3-5-7-9-11-13-15-17-19-21-23-25-27-29-30-31-32-33-34-35-36-38-40-42-44-46-48-50-52-54-56-58-60-62-68(76)73-65(64-80-72-71(79)70(78)69(77)67(63-74)81-72)66(75)61-59-57-55-53-51-49-47-45-43-41-39-37-28-26-24-22-20-18-16-14-12-10-8-6-4-2/h5,7,11,13,17,19,23,25,29-30,32-33,59,61,65-67,69-72,74-75,77-79H,3-4,6,8-10,12,14-16,18,20-22,24,26-28,31,34-58,60,62-64H2,1-2H3,(H,73,76)/b7-5-,13-11-,19-17-,25-23-,30-29-,33-32-,61-59+. The molecule has 9 nitrogen and oxygen atoms in total. The van der Waals surface area contributed by atoms with Gasteiger partial charge in [0.1, 0.15) is 24.4 Å². The first-order chi connectivity index (χ1) is 39.8. The van der Waals surface area contributed by atoms with Gasteiger partial charge < -0.3 is 40.3 Å². The Morgan fingerprint density at radius 1 is 0.432 bits per heavy atom. The lowest BCUT2D eigenvalue weighted by Gasteiger charge is -2.40. The summed E-state index contributed by atoms with van der Waals surface area (Å²) in [6.07, 6.45) is 79.6. The Balaban J connectivity index is 2.15. The molecule has 0 bridgehead atoms. The molecule has 1 aliphatic heterocycles. The van der Waals surface area contributed by atoms with E-state index in [-0.39, 0.29) is 12.5 Å². The molecule has 1 saturated heterocycles. The van der Waals surface area contributed by atoms with Crippen LogP contribution in [0.3, 0.4) is 0 Å². The first-order valence-electron chi connectivity index (χ1n) is 34.3. The van der Waals surface area contributed by atoms with Crippen LogP contribution in [0, 0.1) is 0 Å². The van der Waals surface area contributed by atoms with Crippen LogP contribution in [0.4, 0.5) is 0 Å². The molecule has 0 radical (unpaired) electrons. The minimum Gasteiger partial charge on any atom is -0.394 e. The molecular formula is C72H129NO8. The second-order valence-electron chi connectivity index (χ2n) is 23.6. The number of ether oxygens (including phenoxy) is 2. The van der Waals surface area contributed by atoms with Crippen LogP contribution in [0.5, 0.6) is 0 Å². The number of carbonyl (C=O) groups is 1. The van der Waals surface area contributed by atoms with Crippen molar-refractivity contribution < 1.29 is 39.8 Å². The minimum atomic E-state index is -1.57. The summed E-state index contributed by atoms with van der Waals surface area (Å²) >= 11 is 0. The van der Waals surface area contributed by atoms with Crippen molar-refractivity contribution in [1.29, 1.82) is 0 Å². The maximum atomic E-state index is 13.1. The van der Waals surface area contributed by atoms with Crippen molar-refractivity contribution in [2.45, 2.75) is 352 Å². The highest BCUT2D eigenvalue weighted by Gasteiger charge is 2.44. The number of aliphatic hydroxyl groups is 5. The van der Waals surface area contributed by atoms with Crippen LogP contribution < -0.4 is 5.32 Å². The molecule has 1 rings (SSSR count). The Hall–Kier alpha value is -2.63. The van der Waals surface area contributed by atoms with E-state index >= 15 is 0 Å². The molecule has 81 heavy (non-hydrogen) atoms. The van der Waals surface area contributed by atoms with Crippen molar-refractivity contribution in [2.75, 3.05) is 13.2 Å². The van der Waals surface area contributed by atoms with E-state index in [1.165, 1.54) is 212 Å². The highest BCUT2D eigenvalue weighted by molar-refractivity contribution is 5.76. The molecule has 0 aromatic rings. The van der Waals surface area contributed by atoms with Gasteiger partial charge in [0.25, 0.3) is 0 Å². The van der Waals surface area contributed by atoms with Crippen LogP contribution in [0.1, 0.15) is 309 Å². The fraction of sp³-hybridized carbons (Fsp3) is 0.792. The average molecular weight is 1140 g/mol. The molecule has 1 aliphatic rings. The van der Waals surface area contributed by atoms with Crippen molar-refractivity contribution in [1.82, 2.24) is 5.32 Å². The van der Waals surface area contributed by atoms with E-state index in [9.17, 15) is 30.3 Å². The molecule has 0 aromatic carbocycles. The van der Waals surface area contributed by atoms with Gasteiger partial charge in [-0.2, -0.15) is 0 Å². The number of rotatable bonds is 59. The quantitative estimate of drug-likeness (QED) is 0.0261. The largest absolute Gasteiger partial charge is 0.394 e. The number of nitrogens with one attached hydrogen (secondary N) is 1. The molecule has 0 spiro atoms. The second-order valence-corrected chi connectivity index (χ2v) is 23.6. The summed E-state index contributed by atoms with van der Waals surface area (Å²) in [5.41, 5.74) is 0. The summed E-state index contributed by atoms with van der Waals surface area (Å²) < 4.78 is 11.3. The van der Waals surface area contributed by atoms with Crippen LogP contribution in [-0.2, 0) is 14.3 Å². The third kappa shape index (κ3) is 49.4. The van der Waals surface area contributed by atoms with E-state index in [2.05, 4.69) is 92.1 Å². The van der Waals surface area contributed by atoms with Crippen LogP contribution in [0.15, 0.2) is 85.1 Å². The average Bonchev–Trinajstić information content (AvgIpc) is 3.50. The summed E-state index contributed by atoms with van der Waals surface area (Å²) in [7, 11) is 0. The third-order valence-electron chi connectivity index (χ3n) is 16.0. The van der Waals surface area contributed by atoms with Gasteiger partial charge in [0.15, 0.2) is 6.29 Å². The number of hydrogen-bond donors (Lipinski definition) is 6. The third-order valence-corrected chi connectivity index (χ3v) is 16.0. The molecule has 6 N–H and O–H groups in total. The lowest BCUT2D eigenvalue weighted by atomic mass is 9.99. The topological polar surface area (TPSA) is 149 Å². The molecule has 470 valence electrons. The van der Waals surface area contributed by atoms with E-state index in [1.54, 1.807) is 6.08 Å². The van der Waals surface area contributed by atoms with Crippen LogP contribution in [0.2, 0.25) is 0 Å². The number of carbonyl (C=O) groups excluding carboxylic acids is 1. The van der Waals surface area contributed by atoms with Crippen LogP contribution >= 0.6 is 0 Å². The minimum absolute atomic E-state index is 0.176. The lowest BCUT2D eigenvalue weighted by molar-refractivity contribution is -0.302. The molecule has 1 heterocycles. The van der Waals surface area contributed by atoms with Gasteiger partial charge in [-0.1, -0.05) is 317 Å². The predicted octanol–water partition coefficient (Wildman–Crippen LogP) is 18.5. The normalized spacial score (nSPS) is 18.9. The van der Waals surface area contributed by atoms with Gasteiger partial charge >= 0.3 is 0 Å². The molecule has 0 aromatic heterocycles. The van der Waals surface area contributed by atoms with Crippen molar-refractivity contribution >= 4 is 5.91 Å². The highest BCUT2D eigenvalue weighted by atomic mass is 16.7. The number of hydrogen-bond acceptors (Lipinski definition) is 8. The zero-order valence-electron chi connectivity index (χ0n) is 52.5. The Kier molecular flexibility index (Phi) is 57.0. The Labute approximate surface area is 499 Å². The SMILES string of the molecule is CC/C=C\C/C=C\C/C=C\C/C=C\C/C=C\C/C=C\CCCCCCCCCCCCCCCCC(=O)NC(COC1OC(CO)C(O)C(O)C1O)C(O)/C=C/CCCCCCCCCCCCCCCCCCCCCCCCC. The summed E-state index contributed by atoms with van der Waals surface area (Å²) in [5.74, 6) is -0.176. The summed E-state index contributed by atoms with van der Waals surface area (Å²) in [5, 5.41) is 54.8. The first-order valence-corrected chi connectivity index (χ1v) is 34.3. The number of amides is 1. The predicted molar refractivity (Wildman–Crippen MR) is 345 cm³/mol. The molecule has 7 atom stereocenters. The Morgan fingerprint density at radius 3 is 1.14 bits per heavy atom. The fourth-order valence-corrected chi connectivity index (χ4v) is 10.6. The van der Waals surface area contributed by atoms with Crippen molar-refractivity contribution in [3.8, 4) is 0 Å². The summed E-state index contributed by atoms with van der Waals surface area (Å²) in [4.78, 5) is 13.1. The molecule has 7 unspecified atom stereocenters. The number of aliphatic hydroxyl groups excluding tert-OH is 5. The van der Waals surface area contributed by atoms with Gasteiger partial charge in [0.05, 0.1) is 25.4 Å². The van der Waals surface area contributed by atoms with Gasteiger partial charge in [-0.15, -0.1) is 0 Å². The van der Waals surface area contributed by atoms with E-state index in [0.717, 1.165) is 77.0 Å². The summed E-state index contributed by atoms with van der Waals surface area (Å²) in [6, 6.07) is -0.811. The zero-order chi connectivity index (χ0) is 58.6. The Bertz CT molecular complexity index is 1550. The van der Waals surface area contributed by atoms with E-state index in [4.69, 9.17) is 9.47 Å². The second kappa shape index (κ2) is 60.5. The van der Waals surface area contributed by atoms with Crippen molar-refractivity contribution in [3.05, 3.63) is 85.1 Å². The lowest BCUT2D eigenvalue weighted by Crippen LogP contribution is -2.60. The Morgan fingerprint density at radius 2 is 0.765 bits per heavy atom. The molecule has 1 fully saturated rings. The van der Waals surface area contributed by atoms with E-state index in [0.29, 0.717) is 6.42 Å². The van der Waals surface area contributed by atoms with E-state index in [1.807, 2.05) is 6.08 Å². The number of unbranched alkanes of at least 4 members (excludes halogenated alkanes) is 37. The summed E-state index contributed by atoms with van der Waals surface area (Å²) in [6.45, 7) is 3.70. The maximum Gasteiger partial charge on any atom is 0.220 e. The monoisotopic (exact) mass is 1140 g/mol. The molecule has 9 heteroatoms.